The molecule has 14 heavy (non-hydrogen) atoms. The molecule has 0 aliphatic rings. The van der Waals surface area contributed by atoms with Gasteiger partial charge in [-0.2, -0.15) is 0 Å². The van der Waals surface area contributed by atoms with Gasteiger partial charge < -0.3 is 5.11 Å². The highest BCUT2D eigenvalue weighted by Gasteiger charge is 2.15. The number of hydrogen-bond acceptors (Lipinski definition) is 2. The van der Waals surface area contributed by atoms with Gasteiger partial charge in [0.15, 0.2) is 0 Å². The predicted octanol–water partition coefficient (Wildman–Crippen LogP) is 3.92. The molecule has 0 amide bonds. The first-order valence-electron chi connectivity index (χ1n) is 5.41. The van der Waals surface area contributed by atoms with Crippen molar-refractivity contribution in [3.63, 3.8) is 0 Å². The van der Waals surface area contributed by atoms with E-state index in [9.17, 15) is 5.11 Å². The van der Waals surface area contributed by atoms with Crippen molar-refractivity contribution in [1.82, 2.24) is 0 Å². The van der Waals surface area contributed by atoms with Crippen molar-refractivity contribution in [3.8, 4) is 0 Å². The van der Waals surface area contributed by atoms with Gasteiger partial charge in [-0.15, -0.1) is 11.3 Å². The summed E-state index contributed by atoms with van der Waals surface area (Å²) in [5.74, 6) is 0.659. The summed E-state index contributed by atoms with van der Waals surface area (Å²) in [7, 11) is 0. The minimum absolute atomic E-state index is 0.250. The van der Waals surface area contributed by atoms with Crippen molar-refractivity contribution in [1.29, 1.82) is 0 Å². The fourth-order valence-electron chi connectivity index (χ4n) is 1.77. The summed E-state index contributed by atoms with van der Waals surface area (Å²) in [6, 6.07) is 2.08. The first-order chi connectivity index (χ1) is 6.69. The van der Waals surface area contributed by atoms with Gasteiger partial charge in [-0.3, -0.25) is 0 Å². The zero-order valence-electron chi connectivity index (χ0n) is 9.29. The number of aliphatic hydroxyl groups excluding tert-OH is 1. The van der Waals surface area contributed by atoms with E-state index in [0.29, 0.717) is 5.92 Å². The Morgan fingerprint density at radius 3 is 2.43 bits per heavy atom. The molecule has 0 bridgehead atoms. The Bertz CT molecular complexity index is 263. The Hall–Kier alpha value is -0.340. The molecule has 0 aliphatic heterocycles. The van der Waals surface area contributed by atoms with Gasteiger partial charge in [-0.25, -0.2) is 0 Å². The predicted molar refractivity (Wildman–Crippen MR) is 62.7 cm³/mol. The third-order valence-corrected chi connectivity index (χ3v) is 4.04. The molecule has 2 heteroatoms. The number of thiophene rings is 1. The highest BCUT2D eigenvalue weighted by Crippen LogP contribution is 2.30. The highest BCUT2D eigenvalue weighted by molar-refractivity contribution is 7.10. The first-order valence-corrected chi connectivity index (χ1v) is 6.29. The summed E-state index contributed by atoms with van der Waals surface area (Å²) >= 11 is 1.67. The van der Waals surface area contributed by atoms with Gasteiger partial charge in [-0.1, -0.05) is 26.7 Å². The summed E-state index contributed by atoms with van der Waals surface area (Å²) in [5.41, 5.74) is 1.23. The number of hydrogen-bond donors (Lipinski definition) is 1. The van der Waals surface area contributed by atoms with E-state index in [0.717, 1.165) is 24.1 Å². The molecule has 0 radical (unpaired) electrons. The lowest BCUT2D eigenvalue weighted by molar-refractivity contribution is 0.144. The van der Waals surface area contributed by atoms with E-state index in [4.69, 9.17) is 0 Å². The van der Waals surface area contributed by atoms with Gasteiger partial charge in [0.25, 0.3) is 0 Å². The van der Waals surface area contributed by atoms with Gasteiger partial charge in [0.05, 0.1) is 6.10 Å². The topological polar surface area (TPSA) is 20.2 Å². The second kappa shape index (κ2) is 5.52. The van der Waals surface area contributed by atoms with E-state index in [-0.39, 0.29) is 6.10 Å². The Morgan fingerprint density at radius 1 is 1.36 bits per heavy atom. The summed E-state index contributed by atoms with van der Waals surface area (Å²) in [6.45, 7) is 6.46. The van der Waals surface area contributed by atoms with Gasteiger partial charge in [0.1, 0.15) is 0 Å². The van der Waals surface area contributed by atoms with E-state index in [1.165, 1.54) is 5.56 Å². The summed E-state index contributed by atoms with van der Waals surface area (Å²) < 4.78 is 0. The molecule has 80 valence electrons. The van der Waals surface area contributed by atoms with Crippen LogP contribution in [-0.4, -0.2) is 5.11 Å². The minimum Gasteiger partial charge on any atom is -0.388 e. The molecular weight excluding hydrogens is 192 g/mol. The van der Waals surface area contributed by atoms with Crippen LogP contribution in [-0.2, 0) is 0 Å². The van der Waals surface area contributed by atoms with Crippen LogP contribution in [0.3, 0.4) is 0 Å². The minimum atomic E-state index is -0.250. The molecule has 0 aromatic carbocycles. The maximum atomic E-state index is 10.0. The molecule has 1 atom stereocenters. The van der Waals surface area contributed by atoms with Crippen LogP contribution in [0.1, 0.15) is 49.7 Å². The lowest BCUT2D eigenvalue weighted by Gasteiger charge is -2.16. The third-order valence-electron chi connectivity index (χ3n) is 2.92. The number of rotatable bonds is 5. The molecule has 0 saturated carbocycles. The van der Waals surface area contributed by atoms with Crippen molar-refractivity contribution in [2.24, 2.45) is 5.92 Å². The molecule has 1 N–H and O–H groups in total. The highest BCUT2D eigenvalue weighted by atomic mass is 32.1. The second-order valence-electron chi connectivity index (χ2n) is 3.90. The molecular formula is C12H20OS. The maximum Gasteiger partial charge on any atom is 0.0887 e. The van der Waals surface area contributed by atoms with E-state index >= 15 is 0 Å². The Balaban J connectivity index is 2.58. The van der Waals surface area contributed by atoms with Crippen LogP contribution >= 0.6 is 11.3 Å². The molecule has 1 rings (SSSR count). The van der Waals surface area contributed by atoms with Crippen LogP contribution in [0, 0.1) is 12.8 Å². The van der Waals surface area contributed by atoms with Crippen molar-refractivity contribution < 1.29 is 5.11 Å². The lowest BCUT2D eigenvalue weighted by Crippen LogP contribution is -2.05. The molecule has 1 aromatic heterocycles. The van der Waals surface area contributed by atoms with Crippen LogP contribution in [0.2, 0.25) is 0 Å². The van der Waals surface area contributed by atoms with Gasteiger partial charge >= 0.3 is 0 Å². The third kappa shape index (κ3) is 2.82. The normalized spacial score (nSPS) is 13.5. The summed E-state index contributed by atoms with van der Waals surface area (Å²) in [4.78, 5) is 1.15. The molecule has 1 unspecified atom stereocenters. The lowest BCUT2D eigenvalue weighted by atomic mass is 9.95. The van der Waals surface area contributed by atoms with E-state index in [1.54, 1.807) is 11.3 Å². The average Bonchev–Trinajstić information content (AvgIpc) is 2.60. The van der Waals surface area contributed by atoms with E-state index < -0.39 is 0 Å². The largest absolute Gasteiger partial charge is 0.388 e. The fourth-order valence-corrected chi connectivity index (χ4v) is 2.70. The zero-order chi connectivity index (χ0) is 10.6. The van der Waals surface area contributed by atoms with Gasteiger partial charge in [0, 0.05) is 4.88 Å². The van der Waals surface area contributed by atoms with Crippen LogP contribution < -0.4 is 0 Å². The Labute approximate surface area is 90.8 Å². The van der Waals surface area contributed by atoms with Crippen LogP contribution in [0.25, 0.3) is 0 Å². The number of aryl methyl sites for hydroxylation is 1. The Morgan fingerprint density at radius 2 is 2.00 bits per heavy atom. The van der Waals surface area contributed by atoms with Crippen LogP contribution in [0.15, 0.2) is 11.4 Å². The molecule has 0 saturated heterocycles. The van der Waals surface area contributed by atoms with E-state index in [2.05, 4.69) is 32.2 Å². The molecule has 0 spiro atoms. The number of aliphatic hydroxyl groups is 1. The van der Waals surface area contributed by atoms with Crippen molar-refractivity contribution in [3.05, 3.63) is 21.9 Å². The Kier molecular flexibility index (Phi) is 4.63. The van der Waals surface area contributed by atoms with Crippen LogP contribution in [0.5, 0.6) is 0 Å². The molecule has 0 aliphatic carbocycles. The summed E-state index contributed by atoms with van der Waals surface area (Å²) in [6.07, 6.45) is 2.99. The SMILES string of the molecule is CCC(CC)CC(O)c1sccc1C. The molecule has 1 aromatic rings. The fraction of sp³-hybridized carbons (Fsp3) is 0.667. The second-order valence-corrected chi connectivity index (χ2v) is 4.85. The smallest absolute Gasteiger partial charge is 0.0887 e. The average molecular weight is 212 g/mol. The van der Waals surface area contributed by atoms with Crippen molar-refractivity contribution in [2.45, 2.75) is 46.1 Å². The molecule has 0 fully saturated rings. The summed E-state index contributed by atoms with van der Waals surface area (Å²) in [5, 5.41) is 12.1. The van der Waals surface area contributed by atoms with Crippen molar-refractivity contribution >= 4 is 11.3 Å². The standard InChI is InChI=1S/C12H20OS/c1-4-10(5-2)8-11(13)12-9(3)6-7-14-12/h6-7,10-11,13H,4-5,8H2,1-3H3. The van der Waals surface area contributed by atoms with Crippen LogP contribution in [0.4, 0.5) is 0 Å². The van der Waals surface area contributed by atoms with Gasteiger partial charge in [-0.05, 0) is 36.3 Å². The van der Waals surface area contributed by atoms with E-state index in [1.807, 2.05) is 0 Å². The zero-order valence-corrected chi connectivity index (χ0v) is 10.1. The molecule has 1 nitrogen and oxygen atoms in total. The first kappa shape index (κ1) is 11.7. The quantitative estimate of drug-likeness (QED) is 0.784. The monoisotopic (exact) mass is 212 g/mol. The molecule has 1 heterocycles. The van der Waals surface area contributed by atoms with Gasteiger partial charge in [0.2, 0.25) is 0 Å². The maximum absolute atomic E-state index is 10.0. The van der Waals surface area contributed by atoms with Crippen molar-refractivity contribution in [2.75, 3.05) is 0 Å².